The van der Waals surface area contributed by atoms with Crippen LogP contribution in [0.1, 0.15) is 26.3 Å². The molecule has 1 aromatic rings. The van der Waals surface area contributed by atoms with Crippen LogP contribution < -0.4 is 0 Å². The van der Waals surface area contributed by atoms with Gasteiger partial charge in [-0.2, -0.15) is 0 Å². The van der Waals surface area contributed by atoms with Crippen LogP contribution in [0.4, 0.5) is 0 Å². The molecule has 0 aliphatic carbocycles. The van der Waals surface area contributed by atoms with E-state index >= 15 is 0 Å². The van der Waals surface area contributed by atoms with Gasteiger partial charge >= 0.3 is 5.97 Å². The molecule has 0 N–H and O–H groups in total. The van der Waals surface area contributed by atoms with Crippen LogP contribution in [0.5, 0.6) is 0 Å². The zero-order chi connectivity index (χ0) is 16.7. The van der Waals surface area contributed by atoms with E-state index in [9.17, 15) is 4.79 Å². The van der Waals surface area contributed by atoms with Gasteiger partial charge in [0.2, 0.25) is 0 Å². The molecule has 1 aliphatic heterocycles. The van der Waals surface area contributed by atoms with Gasteiger partial charge in [0.25, 0.3) is 0 Å². The Kier molecular flexibility index (Phi) is 6.33. The minimum absolute atomic E-state index is 0.283. The minimum atomic E-state index is -0.712. The fourth-order valence-electron chi connectivity index (χ4n) is 2.26. The van der Waals surface area contributed by atoms with E-state index in [0.717, 1.165) is 5.56 Å². The molecule has 2 rings (SSSR count). The summed E-state index contributed by atoms with van der Waals surface area (Å²) in [4.78, 5) is 11.5. The van der Waals surface area contributed by atoms with Gasteiger partial charge in [0.05, 0.1) is 19.8 Å². The van der Waals surface area contributed by atoms with Crippen molar-refractivity contribution in [3.8, 4) is 0 Å². The lowest BCUT2D eigenvalue weighted by atomic mass is 10.1. The molecule has 5 nitrogen and oxygen atoms in total. The summed E-state index contributed by atoms with van der Waals surface area (Å²) in [5, 5.41) is 0. The highest BCUT2D eigenvalue weighted by atomic mass is 16.7. The Morgan fingerprint density at radius 2 is 2.09 bits per heavy atom. The van der Waals surface area contributed by atoms with Crippen molar-refractivity contribution in [3.63, 3.8) is 0 Å². The highest BCUT2D eigenvalue weighted by Crippen LogP contribution is 2.25. The normalized spacial score (nSPS) is 23.8. The fraction of sp³-hybridized carbons (Fsp3) is 0.500. The van der Waals surface area contributed by atoms with E-state index in [4.69, 9.17) is 18.9 Å². The van der Waals surface area contributed by atoms with E-state index in [2.05, 4.69) is 0 Å². The summed E-state index contributed by atoms with van der Waals surface area (Å²) >= 11 is 0. The summed E-state index contributed by atoms with van der Waals surface area (Å²) in [6, 6.07) is 9.89. The lowest BCUT2D eigenvalue weighted by Crippen LogP contribution is -2.48. The van der Waals surface area contributed by atoms with Crippen molar-refractivity contribution in [2.24, 2.45) is 0 Å². The monoisotopic (exact) mass is 320 g/mol. The third-order valence-corrected chi connectivity index (χ3v) is 3.40. The topological polar surface area (TPSA) is 54.0 Å². The molecule has 0 unspecified atom stereocenters. The molecule has 1 fully saturated rings. The van der Waals surface area contributed by atoms with E-state index in [1.165, 1.54) is 6.08 Å². The van der Waals surface area contributed by atoms with E-state index in [1.807, 2.05) is 44.2 Å². The van der Waals surface area contributed by atoms with Crippen molar-refractivity contribution in [2.75, 3.05) is 13.2 Å². The van der Waals surface area contributed by atoms with E-state index in [0.29, 0.717) is 19.8 Å². The number of benzene rings is 1. The van der Waals surface area contributed by atoms with Crippen LogP contribution >= 0.6 is 0 Å². The lowest BCUT2D eigenvalue weighted by Gasteiger charge is -2.39. The second-order valence-corrected chi connectivity index (χ2v) is 5.74. The first kappa shape index (κ1) is 17.7. The number of carbonyl (C=O) groups excluding carboxylic acids is 1. The second-order valence-electron chi connectivity index (χ2n) is 5.74. The molecular weight excluding hydrogens is 296 g/mol. The van der Waals surface area contributed by atoms with Crippen molar-refractivity contribution in [1.82, 2.24) is 0 Å². The van der Waals surface area contributed by atoms with Gasteiger partial charge in [-0.1, -0.05) is 30.3 Å². The van der Waals surface area contributed by atoms with Crippen LogP contribution in [-0.4, -0.2) is 37.2 Å². The minimum Gasteiger partial charge on any atom is -0.463 e. The van der Waals surface area contributed by atoms with Crippen molar-refractivity contribution < 1.29 is 23.7 Å². The first-order chi connectivity index (χ1) is 11.0. The van der Waals surface area contributed by atoms with Crippen LogP contribution in [0.25, 0.3) is 0 Å². The molecule has 0 radical (unpaired) electrons. The molecule has 1 saturated heterocycles. The maximum atomic E-state index is 11.5. The first-order valence-electron chi connectivity index (χ1n) is 7.82. The van der Waals surface area contributed by atoms with Crippen LogP contribution in [0.3, 0.4) is 0 Å². The molecule has 0 aromatic heterocycles. The average molecular weight is 320 g/mol. The molecule has 0 spiro atoms. The van der Waals surface area contributed by atoms with Gasteiger partial charge in [-0.05, 0) is 32.4 Å². The molecular formula is C18H24O5. The fourth-order valence-corrected chi connectivity index (χ4v) is 2.26. The van der Waals surface area contributed by atoms with E-state index < -0.39 is 5.79 Å². The smallest absolute Gasteiger partial charge is 0.330 e. The highest BCUT2D eigenvalue weighted by Gasteiger charge is 2.36. The number of hydrogen-bond acceptors (Lipinski definition) is 5. The lowest BCUT2D eigenvalue weighted by molar-refractivity contribution is -0.300. The molecule has 2 atom stereocenters. The van der Waals surface area contributed by atoms with Gasteiger partial charge in [-0.3, -0.25) is 0 Å². The van der Waals surface area contributed by atoms with Gasteiger partial charge in [0.15, 0.2) is 5.79 Å². The Balaban J connectivity index is 1.98. The third kappa shape index (κ3) is 5.78. The number of rotatable bonds is 6. The van der Waals surface area contributed by atoms with Crippen molar-refractivity contribution in [2.45, 2.75) is 45.4 Å². The first-order valence-corrected chi connectivity index (χ1v) is 7.82. The second kappa shape index (κ2) is 8.24. The van der Waals surface area contributed by atoms with Crippen LogP contribution in [0.15, 0.2) is 42.5 Å². The van der Waals surface area contributed by atoms with Crippen molar-refractivity contribution >= 4 is 5.97 Å². The molecule has 1 aliphatic rings. The molecule has 23 heavy (non-hydrogen) atoms. The largest absolute Gasteiger partial charge is 0.463 e. The molecule has 1 aromatic carbocycles. The maximum absolute atomic E-state index is 11.5. The summed E-state index contributed by atoms with van der Waals surface area (Å²) < 4.78 is 22.3. The van der Waals surface area contributed by atoms with Crippen LogP contribution in [-0.2, 0) is 30.3 Å². The third-order valence-electron chi connectivity index (χ3n) is 3.40. The molecule has 0 bridgehead atoms. The quantitative estimate of drug-likeness (QED) is 0.596. The molecule has 0 saturated carbocycles. The molecule has 0 amide bonds. The predicted octanol–water partition coefficient (Wildman–Crippen LogP) is 2.84. The molecule has 5 heteroatoms. The molecule has 126 valence electrons. The molecule has 1 heterocycles. The summed E-state index contributed by atoms with van der Waals surface area (Å²) in [6.07, 6.45) is 2.41. The average Bonchev–Trinajstić information content (AvgIpc) is 2.53. The van der Waals surface area contributed by atoms with Crippen LogP contribution in [0.2, 0.25) is 0 Å². The van der Waals surface area contributed by atoms with Gasteiger partial charge < -0.3 is 18.9 Å². The van der Waals surface area contributed by atoms with Gasteiger partial charge in [0.1, 0.15) is 12.2 Å². The SMILES string of the molecule is CCOC(=O)/C=C/[C@@H]1OC(C)(C)OC[C@H]1OCc1ccccc1. The Morgan fingerprint density at radius 1 is 1.35 bits per heavy atom. The van der Waals surface area contributed by atoms with Crippen molar-refractivity contribution in [3.05, 3.63) is 48.0 Å². The predicted molar refractivity (Wildman–Crippen MR) is 85.7 cm³/mol. The van der Waals surface area contributed by atoms with Gasteiger partial charge in [-0.25, -0.2) is 4.79 Å². The van der Waals surface area contributed by atoms with E-state index in [1.54, 1.807) is 13.0 Å². The Bertz CT molecular complexity index is 523. The number of hydrogen-bond donors (Lipinski definition) is 0. The summed E-state index contributed by atoms with van der Waals surface area (Å²) in [5.41, 5.74) is 1.07. The van der Waals surface area contributed by atoms with E-state index in [-0.39, 0.29) is 18.2 Å². The Morgan fingerprint density at radius 3 is 2.78 bits per heavy atom. The highest BCUT2D eigenvalue weighted by molar-refractivity contribution is 5.81. The summed E-state index contributed by atoms with van der Waals surface area (Å²) in [6.45, 7) is 6.65. The zero-order valence-corrected chi connectivity index (χ0v) is 13.9. The maximum Gasteiger partial charge on any atom is 0.330 e. The number of ether oxygens (including phenoxy) is 4. The van der Waals surface area contributed by atoms with Crippen LogP contribution in [0, 0.1) is 0 Å². The standard InChI is InChI=1S/C18H24O5/c1-4-20-17(19)11-10-15-16(13-22-18(2,3)23-15)21-12-14-8-6-5-7-9-14/h5-11,15-16H,4,12-13H2,1-3H3/b11-10+/t15-,16+/m0/s1. The van der Waals surface area contributed by atoms with Gasteiger partial charge in [-0.15, -0.1) is 0 Å². The number of carbonyl (C=O) groups is 1. The van der Waals surface area contributed by atoms with Crippen molar-refractivity contribution in [1.29, 1.82) is 0 Å². The summed E-state index contributed by atoms with van der Waals surface area (Å²) in [7, 11) is 0. The Labute approximate surface area is 137 Å². The number of esters is 1. The van der Waals surface area contributed by atoms with Gasteiger partial charge in [0, 0.05) is 6.08 Å². The Hall–Kier alpha value is -1.69. The summed E-state index contributed by atoms with van der Waals surface area (Å²) in [5.74, 6) is -1.10. The zero-order valence-electron chi connectivity index (χ0n) is 13.9.